The number of aliphatic hydroxyl groups is 1. The van der Waals surface area contributed by atoms with Crippen molar-refractivity contribution in [3.63, 3.8) is 0 Å². The molecule has 8 heteroatoms. The summed E-state index contributed by atoms with van der Waals surface area (Å²) in [6, 6.07) is 9.00. The minimum atomic E-state index is -2.67. The van der Waals surface area contributed by atoms with Crippen molar-refractivity contribution in [3.05, 3.63) is 36.5 Å². The van der Waals surface area contributed by atoms with Gasteiger partial charge in [-0.15, -0.1) is 0 Å². The molecule has 1 fully saturated rings. The van der Waals surface area contributed by atoms with Gasteiger partial charge in [-0.25, -0.2) is 13.8 Å². The minimum Gasteiger partial charge on any atom is -0.497 e. The van der Waals surface area contributed by atoms with Crippen molar-refractivity contribution in [1.29, 1.82) is 0 Å². The van der Waals surface area contributed by atoms with Crippen LogP contribution in [0.1, 0.15) is 6.42 Å². The van der Waals surface area contributed by atoms with Crippen LogP contribution >= 0.6 is 0 Å². The number of β-amino-alcohol motifs (C(OH)–C–C–N with tert-alkyl or cyclic N) is 1. The van der Waals surface area contributed by atoms with Crippen molar-refractivity contribution in [3.8, 4) is 28.5 Å². The summed E-state index contributed by atoms with van der Waals surface area (Å²) in [4.78, 5) is 5.64. The summed E-state index contributed by atoms with van der Waals surface area (Å²) >= 11 is 0. The molecule has 1 unspecified atom stereocenters. The largest absolute Gasteiger partial charge is 0.497 e. The standard InChI is InChI=1S/C20H24F2N2O4/c1-26-17-7-15(14-3-5-23-19(9-14)27-2)8-18(10-17)28-12-16(25)11-24-6-4-20(21,22)13-24/h3,5,7-10,16,25H,4,6,11-13H2,1-2H3. The van der Waals surface area contributed by atoms with Gasteiger partial charge in [0.15, 0.2) is 0 Å². The van der Waals surface area contributed by atoms with Gasteiger partial charge in [0, 0.05) is 37.8 Å². The van der Waals surface area contributed by atoms with E-state index in [0.29, 0.717) is 17.4 Å². The van der Waals surface area contributed by atoms with Gasteiger partial charge in [-0.3, -0.25) is 4.90 Å². The van der Waals surface area contributed by atoms with E-state index < -0.39 is 12.0 Å². The maximum Gasteiger partial charge on any atom is 0.261 e. The van der Waals surface area contributed by atoms with Crippen LogP contribution in [0.25, 0.3) is 11.1 Å². The third-order valence-corrected chi connectivity index (χ3v) is 4.55. The summed E-state index contributed by atoms with van der Waals surface area (Å²) in [6.07, 6.45) is 0.600. The number of ether oxygens (including phenoxy) is 3. The molecule has 0 saturated carbocycles. The van der Waals surface area contributed by atoms with Gasteiger partial charge in [-0.1, -0.05) is 0 Å². The zero-order valence-electron chi connectivity index (χ0n) is 15.9. The number of hydrogen-bond donors (Lipinski definition) is 1. The topological polar surface area (TPSA) is 64.0 Å². The maximum absolute atomic E-state index is 13.3. The second-order valence-electron chi connectivity index (χ2n) is 6.79. The molecule has 1 aliphatic heterocycles. The van der Waals surface area contributed by atoms with Crippen molar-refractivity contribution in [2.45, 2.75) is 18.4 Å². The molecule has 0 bridgehead atoms. The zero-order valence-corrected chi connectivity index (χ0v) is 15.9. The lowest BCUT2D eigenvalue weighted by Gasteiger charge is -2.20. The molecule has 0 amide bonds. The monoisotopic (exact) mass is 394 g/mol. The fraction of sp³-hybridized carbons (Fsp3) is 0.450. The number of methoxy groups -OCH3 is 2. The highest BCUT2D eigenvalue weighted by Crippen LogP contribution is 2.31. The zero-order chi connectivity index (χ0) is 20.1. The number of aromatic nitrogens is 1. The number of rotatable bonds is 8. The van der Waals surface area contributed by atoms with Gasteiger partial charge in [0.1, 0.15) is 24.2 Å². The van der Waals surface area contributed by atoms with Gasteiger partial charge in [-0.2, -0.15) is 0 Å². The SMILES string of the molecule is COc1cc(OCC(O)CN2CCC(F)(F)C2)cc(-c2ccnc(OC)c2)c1. The van der Waals surface area contributed by atoms with Crippen molar-refractivity contribution in [2.75, 3.05) is 40.5 Å². The third kappa shape index (κ3) is 5.30. The molecule has 1 aromatic heterocycles. The van der Waals surface area contributed by atoms with Crippen LogP contribution < -0.4 is 14.2 Å². The highest BCUT2D eigenvalue weighted by molar-refractivity contribution is 5.67. The smallest absolute Gasteiger partial charge is 0.261 e. The Bertz CT molecular complexity index is 804. The average molecular weight is 394 g/mol. The van der Waals surface area contributed by atoms with Crippen LogP contribution in [0.2, 0.25) is 0 Å². The second kappa shape index (κ2) is 8.70. The lowest BCUT2D eigenvalue weighted by Crippen LogP contribution is -2.35. The van der Waals surface area contributed by atoms with Crippen molar-refractivity contribution < 1.29 is 28.1 Å². The van der Waals surface area contributed by atoms with E-state index >= 15 is 0 Å². The molecule has 1 saturated heterocycles. The molecule has 0 spiro atoms. The van der Waals surface area contributed by atoms with Crippen LogP contribution in [0.15, 0.2) is 36.5 Å². The first-order valence-corrected chi connectivity index (χ1v) is 8.99. The first kappa shape index (κ1) is 20.3. The summed E-state index contributed by atoms with van der Waals surface area (Å²) in [5, 5.41) is 10.2. The molecule has 3 rings (SSSR count). The Balaban J connectivity index is 1.66. The average Bonchev–Trinajstić information content (AvgIpc) is 3.04. The molecule has 2 heterocycles. The van der Waals surface area contributed by atoms with Crippen molar-refractivity contribution in [2.24, 2.45) is 0 Å². The first-order chi connectivity index (χ1) is 13.4. The molecule has 28 heavy (non-hydrogen) atoms. The minimum absolute atomic E-state index is 0.00561. The van der Waals surface area contributed by atoms with Gasteiger partial charge in [-0.05, 0) is 29.3 Å². The Morgan fingerprint density at radius 1 is 1.14 bits per heavy atom. The van der Waals surface area contributed by atoms with Crippen LogP contribution in [0, 0.1) is 0 Å². The van der Waals surface area contributed by atoms with Gasteiger partial charge in [0.25, 0.3) is 5.92 Å². The Morgan fingerprint density at radius 3 is 2.61 bits per heavy atom. The molecule has 1 aromatic carbocycles. The number of likely N-dealkylation sites (tertiary alicyclic amines) is 1. The van der Waals surface area contributed by atoms with E-state index in [1.165, 1.54) is 0 Å². The molecule has 1 atom stereocenters. The molecular weight excluding hydrogens is 370 g/mol. The number of hydrogen-bond acceptors (Lipinski definition) is 6. The van der Waals surface area contributed by atoms with Gasteiger partial charge < -0.3 is 19.3 Å². The van der Waals surface area contributed by atoms with Gasteiger partial charge >= 0.3 is 0 Å². The number of benzene rings is 1. The van der Waals surface area contributed by atoms with Crippen LogP contribution in [0.4, 0.5) is 8.78 Å². The Morgan fingerprint density at radius 2 is 1.93 bits per heavy atom. The van der Waals surface area contributed by atoms with E-state index in [-0.39, 0.29) is 32.7 Å². The maximum atomic E-state index is 13.3. The predicted molar refractivity (Wildman–Crippen MR) is 100 cm³/mol. The van der Waals surface area contributed by atoms with Crippen LogP contribution in [-0.2, 0) is 0 Å². The van der Waals surface area contributed by atoms with Gasteiger partial charge in [0.2, 0.25) is 5.88 Å². The van der Waals surface area contributed by atoms with E-state index in [4.69, 9.17) is 14.2 Å². The normalized spacial score (nSPS) is 17.3. The third-order valence-electron chi connectivity index (χ3n) is 4.55. The molecule has 6 nitrogen and oxygen atoms in total. The molecular formula is C20H24F2N2O4. The first-order valence-electron chi connectivity index (χ1n) is 8.99. The number of nitrogens with zero attached hydrogens (tertiary/aromatic N) is 2. The van der Waals surface area contributed by atoms with E-state index in [1.807, 2.05) is 18.2 Å². The Labute approximate surface area is 162 Å². The van der Waals surface area contributed by atoms with Crippen molar-refractivity contribution >= 4 is 0 Å². The summed E-state index contributed by atoms with van der Waals surface area (Å²) in [6.45, 7) is 0.0940. The molecule has 152 valence electrons. The summed E-state index contributed by atoms with van der Waals surface area (Å²) in [7, 11) is 3.10. The number of alkyl halides is 2. The van der Waals surface area contributed by atoms with Gasteiger partial charge in [0.05, 0.1) is 20.8 Å². The van der Waals surface area contributed by atoms with E-state index in [1.54, 1.807) is 37.4 Å². The summed E-state index contributed by atoms with van der Waals surface area (Å²) in [5.74, 6) is -1.08. The predicted octanol–water partition coefficient (Wildman–Crippen LogP) is 2.85. The highest BCUT2D eigenvalue weighted by atomic mass is 19.3. The van der Waals surface area contributed by atoms with Crippen molar-refractivity contribution in [1.82, 2.24) is 9.88 Å². The fourth-order valence-corrected chi connectivity index (χ4v) is 3.15. The number of aliphatic hydroxyl groups excluding tert-OH is 1. The molecule has 1 aliphatic rings. The van der Waals surface area contributed by atoms with Crippen LogP contribution in [0.5, 0.6) is 17.4 Å². The Kier molecular flexibility index (Phi) is 6.31. The van der Waals surface area contributed by atoms with E-state index in [2.05, 4.69) is 4.98 Å². The van der Waals surface area contributed by atoms with E-state index in [9.17, 15) is 13.9 Å². The van der Waals surface area contributed by atoms with Crippen LogP contribution in [-0.4, -0.2) is 67.5 Å². The second-order valence-corrected chi connectivity index (χ2v) is 6.79. The lowest BCUT2D eigenvalue weighted by molar-refractivity contribution is 0.00460. The molecule has 1 N–H and O–H groups in total. The fourth-order valence-electron chi connectivity index (χ4n) is 3.15. The number of pyridine rings is 1. The molecule has 0 radical (unpaired) electrons. The molecule has 2 aromatic rings. The summed E-state index contributed by atoms with van der Waals surface area (Å²) in [5.41, 5.74) is 1.71. The summed E-state index contributed by atoms with van der Waals surface area (Å²) < 4.78 is 42.7. The highest BCUT2D eigenvalue weighted by Gasteiger charge is 2.38. The lowest BCUT2D eigenvalue weighted by atomic mass is 10.1. The Hall–Kier alpha value is -2.45. The van der Waals surface area contributed by atoms with Crippen LogP contribution in [0.3, 0.4) is 0 Å². The number of halogens is 2. The van der Waals surface area contributed by atoms with E-state index in [0.717, 1.165) is 11.1 Å². The molecule has 0 aliphatic carbocycles. The quantitative estimate of drug-likeness (QED) is 0.743.